The van der Waals surface area contributed by atoms with Crippen LogP contribution in [0, 0.1) is 5.82 Å². The van der Waals surface area contributed by atoms with E-state index < -0.39 is 15.8 Å². The average molecular weight is 365 g/mol. The van der Waals surface area contributed by atoms with Crippen LogP contribution >= 0.6 is 0 Å². The van der Waals surface area contributed by atoms with Crippen LogP contribution in [0.25, 0.3) is 0 Å². The fraction of sp³-hybridized carbons (Fsp3) is 0.235. The molecule has 25 heavy (non-hydrogen) atoms. The van der Waals surface area contributed by atoms with Gasteiger partial charge >= 0.3 is 0 Å². The van der Waals surface area contributed by atoms with Gasteiger partial charge in [0.25, 0.3) is 15.9 Å². The van der Waals surface area contributed by atoms with E-state index in [0.717, 1.165) is 6.07 Å². The lowest BCUT2D eigenvalue weighted by Crippen LogP contribution is -2.31. The molecule has 0 unspecified atom stereocenters. The quantitative estimate of drug-likeness (QED) is 0.786. The van der Waals surface area contributed by atoms with Gasteiger partial charge in [-0.3, -0.25) is 9.52 Å². The molecular weight excluding hydrogens is 345 g/mol. The first kappa shape index (κ1) is 18.9. The van der Waals surface area contributed by atoms with E-state index in [-0.39, 0.29) is 16.5 Å². The Morgan fingerprint density at radius 3 is 2.40 bits per heavy atom. The number of sulfonamides is 1. The lowest BCUT2D eigenvalue weighted by atomic mass is 10.2. The van der Waals surface area contributed by atoms with Gasteiger partial charge in [0.15, 0.2) is 0 Å². The number of rotatable bonds is 7. The molecular formula is C17H20FN3O3S. The van der Waals surface area contributed by atoms with E-state index in [4.69, 9.17) is 0 Å². The maximum absolute atomic E-state index is 13.2. The van der Waals surface area contributed by atoms with Gasteiger partial charge in [0, 0.05) is 18.7 Å². The first-order valence-corrected chi connectivity index (χ1v) is 9.07. The Bertz CT molecular complexity index is 836. The Balaban J connectivity index is 2.06. The highest BCUT2D eigenvalue weighted by atomic mass is 32.2. The van der Waals surface area contributed by atoms with E-state index in [2.05, 4.69) is 10.0 Å². The van der Waals surface area contributed by atoms with Crippen molar-refractivity contribution in [3.8, 4) is 0 Å². The molecule has 2 aromatic carbocycles. The summed E-state index contributed by atoms with van der Waals surface area (Å²) in [5, 5.41) is 2.75. The summed E-state index contributed by atoms with van der Waals surface area (Å²) < 4.78 is 40.1. The highest BCUT2D eigenvalue weighted by Gasteiger charge is 2.15. The molecule has 0 fully saturated rings. The minimum absolute atomic E-state index is 0.0124. The minimum atomic E-state index is -3.86. The van der Waals surface area contributed by atoms with Crippen LogP contribution in [0.1, 0.15) is 10.4 Å². The van der Waals surface area contributed by atoms with E-state index in [9.17, 15) is 17.6 Å². The number of amides is 1. The number of carbonyl (C=O) groups excluding carboxylic acids is 1. The van der Waals surface area contributed by atoms with E-state index in [0.29, 0.717) is 18.7 Å². The number of anilines is 1. The molecule has 2 aromatic rings. The second-order valence-corrected chi connectivity index (χ2v) is 7.38. The van der Waals surface area contributed by atoms with Crippen molar-refractivity contribution in [2.45, 2.75) is 4.90 Å². The van der Waals surface area contributed by atoms with E-state index in [1.165, 1.54) is 42.5 Å². The van der Waals surface area contributed by atoms with Crippen LogP contribution in [0.5, 0.6) is 0 Å². The van der Waals surface area contributed by atoms with E-state index >= 15 is 0 Å². The van der Waals surface area contributed by atoms with Crippen molar-refractivity contribution in [1.82, 2.24) is 10.2 Å². The molecule has 0 saturated carbocycles. The van der Waals surface area contributed by atoms with Gasteiger partial charge < -0.3 is 10.2 Å². The molecule has 0 aromatic heterocycles. The SMILES string of the molecule is CN(C)CCNC(=O)c1ccc(S(=O)(=O)Nc2cccc(F)c2)cc1. The molecule has 0 aliphatic rings. The van der Waals surface area contributed by atoms with Crippen LogP contribution in [0.3, 0.4) is 0 Å². The van der Waals surface area contributed by atoms with Crippen LogP contribution in [0.15, 0.2) is 53.4 Å². The topological polar surface area (TPSA) is 78.5 Å². The van der Waals surface area contributed by atoms with Crippen LogP contribution in [-0.2, 0) is 10.0 Å². The molecule has 1 amide bonds. The smallest absolute Gasteiger partial charge is 0.261 e. The van der Waals surface area contributed by atoms with Crippen molar-refractivity contribution < 1.29 is 17.6 Å². The second-order valence-electron chi connectivity index (χ2n) is 5.70. The molecule has 0 bridgehead atoms. The van der Waals surface area contributed by atoms with Gasteiger partial charge in [0.2, 0.25) is 0 Å². The number of nitrogens with one attached hydrogen (secondary N) is 2. The Hall–Kier alpha value is -2.45. The molecule has 0 heterocycles. The van der Waals surface area contributed by atoms with Crippen molar-refractivity contribution in [2.75, 3.05) is 31.9 Å². The third-order valence-electron chi connectivity index (χ3n) is 3.35. The number of halogens is 1. The van der Waals surface area contributed by atoms with Crippen molar-refractivity contribution in [3.05, 3.63) is 59.9 Å². The molecule has 0 spiro atoms. The van der Waals surface area contributed by atoms with Crippen molar-refractivity contribution in [1.29, 1.82) is 0 Å². The Kier molecular flexibility index (Phi) is 6.11. The standard InChI is InChI=1S/C17H20FN3O3S/c1-21(2)11-10-19-17(22)13-6-8-16(9-7-13)25(23,24)20-15-5-3-4-14(18)12-15/h3-9,12,20H,10-11H2,1-2H3,(H,19,22). The van der Waals surface area contributed by atoms with Crippen LogP contribution < -0.4 is 10.0 Å². The molecule has 6 nitrogen and oxygen atoms in total. The number of likely N-dealkylation sites (N-methyl/N-ethyl adjacent to an activating group) is 1. The summed E-state index contributed by atoms with van der Waals surface area (Å²) in [6, 6.07) is 10.7. The molecule has 0 radical (unpaired) electrons. The highest BCUT2D eigenvalue weighted by Crippen LogP contribution is 2.17. The third kappa shape index (κ3) is 5.54. The van der Waals surface area contributed by atoms with Gasteiger partial charge in [-0.1, -0.05) is 6.07 Å². The third-order valence-corrected chi connectivity index (χ3v) is 4.75. The Morgan fingerprint density at radius 2 is 1.80 bits per heavy atom. The van der Waals surface area contributed by atoms with Gasteiger partial charge in [-0.2, -0.15) is 0 Å². The summed E-state index contributed by atoms with van der Waals surface area (Å²) in [5.74, 6) is -0.811. The number of carbonyl (C=O) groups is 1. The van der Waals surface area contributed by atoms with Crippen molar-refractivity contribution >= 4 is 21.6 Å². The maximum atomic E-state index is 13.2. The fourth-order valence-electron chi connectivity index (χ4n) is 2.05. The van der Waals surface area contributed by atoms with E-state index in [1.54, 1.807) is 0 Å². The minimum Gasteiger partial charge on any atom is -0.351 e. The molecule has 2 N–H and O–H groups in total. The summed E-state index contributed by atoms with van der Waals surface area (Å²) >= 11 is 0. The lowest BCUT2D eigenvalue weighted by Gasteiger charge is -2.11. The summed E-state index contributed by atoms with van der Waals surface area (Å²) in [7, 11) is -0.0554. The monoisotopic (exact) mass is 365 g/mol. The summed E-state index contributed by atoms with van der Waals surface area (Å²) in [4.78, 5) is 13.9. The Labute approximate surface area is 146 Å². The zero-order valence-electron chi connectivity index (χ0n) is 14.0. The number of nitrogens with zero attached hydrogens (tertiary/aromatic N) is 1. The Morgan fingerprint density at radius 1 is 1.12 bits per heavy atom. The number of hydrogen-bond acceptors (Lipinski definition) is 4. The second kappa shape index (κ2) is 8.09. The zero-order chi connectivity index (χ0) is 18.4. The molecule has 0 aliphatic heterocycles. The van der Waals surface area contributed by atoms with Gasteiger partial charge in [0.05, 0.1) is 10.6 Å². The predicted molar refractivity (Wildman–Crippen MR) is 94.5 cm³/mol. The molecule has 0 aliphatic carbocycles. The maximum Gasteiger partial charge on any atom is 0.261 e. The lowest BCUT2D eigenvalue weighted by molar-refractivity contribution is 0.0951. The van der Waals surface area contributed by atoms with Crippen molar-refractivity contribution in [2.24, 2.45) is 0 Å². The molecule has 0 saturated heterocycles. The van der Waals surface area contributed by atoms with Gasteiger partial charge in [-0.25, -0.2) is 12.8 Å². The number of hydrogen-bond donors (Lipinski definition) is 2. The predicted octanol–water partition coefficient (Wildman–Crippen LogP) is 1.92. The van der Waals surface area contributed by atoms with Gasteiger partial charge in [-0.15, -0.1) is 0 Å². The molecule has 0 atom stereocenters. The highest BCUT2D eigenvalue weighted by molar-refractivity contribution is 7.92. The number of benzene rings is 2. The van der Waals surface area contributed by atoms with E-state index in [1.807, 2.05) is 19.0 Å². The molecule has 134 valence electrons. The fourth-order valence-corrected chi connectivity index (χ4v) is 3.10. The normalized spacial score (nSPS) is 11.4. The van der Waals surface area contributed by atoms with Gasteiger partial charge in [-0.05, 0) is 56.6 Å². The summed E-state index contributed by atoms with van der Waals surface area (Å²) in [6.07, 6.45) is 0. The average Bonchev–Trinajstić information content (AvgIpc) is 2.54. The van der Waals surface area contributed by atoms with Crippen LogP contribution in [0.4, 0.5) is 10.1 Å². The molecule has 2 rings (SSSR count). The summed E-state index contributed by atoms with van der Waals surface area (Å²) in [5.41, 5.74) is 0.494. The van der Waals surface area contributed by atoms with Gasteiger partial charge in [0.1, 0.15) is 5.82 Å². The first-order valence-electron chi connectivity index (χ1n) is 7.59. The molecule has 8 heteroatoms. The first-order chi connectivity index (χ1) is 11.8. The zero-order valence-corrected chi connectivity index (χ0v) is 14.8. The van der Waals surface area contributed by atoms with Crippen LogP contribution in [0.2, 0.25) is 0 Å². The largest absolute Gasteiger partial charge is 0.351 e. The summed E-state index contributed by atoms with van der Waals surface area (Å²) in [6.45, 7) is 1.20. The van der Waals surface area contributed by atoms with Crippen LogP contribution in [-0.4, -0.2) is 46.4 Å². The van der Waals surface area contributed by atoms with Crippen molar-refractivity contribution in [3.63, 3.8) is 0 Å².